The summed E-state index contributed by atoms with van der Waals surface area (Å²) in [5, 5.41) is 0. The molecule has 0 fully saturated rings. The number of hydrogen-bond acceptors (Lipinski definition) is 3. The number of benzene rings is 1. The monoisotopic (exact) mass is 215 g/mol. The lowest BCUT2D eigenvalue weighted by atomic mass is 10.0. The molecule has 0 saturated heterocycles. The number of anilines is 1. The SMILES string of the molecule is Cc1cc(C)c(C(=O)OC(F)F)cc1N. The minimum Gasteiger partial charge on any atom is -0.399 e. The molecule has 0 aliphatic heterocycles. The molecule has 0 saturated carbocycles. The van der Waals surface area contributed by atoms with Crippen LogP contribution in [0.4, 0.5) is 14.5 Å². The molecule has 0 bridgehead atoms. The van der Waals surface area contributed by atoms with Crippen LogP contribution in [0.25, 0.3) is 0 Å². The smallest absolute Gasteiger partial charge is 0.389 e. The second-order valence-corrected chi connectivity index (χ2v) is 3.19. The van der Waals surface area contributed by atoms with E-state index >= 15 is 0 Å². The van der Waals surface area contributed by atoms with Gasteiger partial charge in [0, 0.05) is 5.69 Å². The van der Waals surface area contributed by atoms with Gasteiger partial charge in [0.2, 0.25) is 0 Å². The van der Waals surface area contributed by atoms with Crippen molar-refractivity contribution >= 4 is 11.7 Å². The van der Waals surface area contributed by atoms with Gasteiger partial charge in [-0.15, -0.1) is 0 Å². The van der Waals surface area contributed by atoms with Crippen molar-refractivity contribution in [3.63, 3.8) is 0 Å². The molecule has 0 amide bonds. The molecule has 1 aromatic rings. The molecular weight excluding hydrogens is 204 g/mol. The molecule has 0 aliphatic rings. The Kier molecular flexibility index (Phi) is 3.24. The Hall–Kier alpha value is -1.65. The third-order valence-corrected chi connectivity index (χ3v) is 2.03. The van der Waals surface area contributed by atoms with Gasteiger partial charge in [0.05, 0.1) is 5.56 Å². The number of hydrogen-bond donors (Lipinski definition) is 1. The minimum atomic E-state index is -3.11. The number of alkyl halides is 2. The number of rotatable bonds is 2. The van der Waals surface area contributed by atoms with Crippen molar-refractivity contribution in [2.75, 3.05) is 5.73 Å². The highest BCUT2D eigenvalue weighted by atomic mass is 19.3. The van der Waals surface area contributed by atoms with Crippen LogP contribution in [0.5, 0.6) is 0 Å². The maximum Gasteiger partial charge on any atom is 0.389 e. The highest BCUT2D eigenvalue weighted by Gasteiger charge is 2.16. The summed E-state index contributed by atoms with van der Waals surface area (Å²) in [5.41, 5.74) is 7.36. The van der Waals surface area contributed by atoms with E-state index in [2.05, 4.69) is 4.74 Å². The summed E-state index contributed by atoms with van der Waals surface area (Å²) >= 11 is 0. The molecule has 82 valence electrons. The number of nitrogens with two attached hydrogens (primary N) is 1. The zero-order valence-electron chi connectivity index (χ0n) is 8.38. The van der Waals surface area contributed by atoms with Crippen molar-refractivity contribution in [2.45, 2.75) is 20.5 Å². The standard InChI is InChI=1S/C10H11F2NO2/c1-5-3-6(2)8(13)4-7(5)9(14)15-10(11)12/h3-4,10H,13H2,1-2H3. The first-order valence-corrected chi connectivity index (χ1v) is 4.27. The van der Waals surface area contributed by atoms with Gasteiger partial charge in [-0.25, -0.2) is 4.79 Å². The second kappa shape index (κ2) is 4.25. The molecule has 0 radical (unpaired) electrons. The van der Waals surface area contributed by atoms with Crippen molar-refractivity contribution in [3.05, 3.63) is 28.8 Å². The molecule has 0 spiro atoms. The molecule has 0 heterocycles. The van der Waals surface area contributed by atoms with E-state index in [1.165, 1.54) is 6.07 Å². The largest absolute Gasteiger partial charge is 0.399 e. The number of nitrogen functional groups attached to an aromatic ring is 1. The van der Waals surface area contributed by atoms with Crippen molar-refractivity contribution in [1.29, 1.82) is 0 Å². The van der Waals surface area contributed by atoms with E-state index in [4.69, 9.17) is 5.73 Å². The first-order chi connectivity index (χ1) is 6.91. The Morgan fingerprint density at radius 3 is 2.47 bits per heavy atom. The lowest BCUT2D eigenvalue weighted by Gasteiger charge is -2.08. The summed E-state index contributed by atoms with van der Waals surface area (Å²) < 4.78 is 27.4. The Labute approximate surface area is 85.8 Å². The van der Waals surface area contributed by atoms with Crippen molar-refractivity contribution < 1.29 is 18.3 Å². The number of carbonyl (C=O) groups excluding carboxylic acids is 1. The molecule has 15 heavy (non-hydrogen) atoms. The number of ether oxygens (including phenoxy) is 1. The van der Waals surface area contributed by atoms with Crippen LogP contribution >= 0.6 is 0 Å². The first-order valence-electron chi connectivity index (χ1n) is 4.27. The summed E-state index contributed by atoms with van der Waals surface area (Å²) in [7, 11) is 0. The summed E-state index contributed by atoms with van der Waals surface area (Å²) in [6.45, 7) is 0.290. The van der Waals surface area contributed by atoms with Gasteiger partial charge < -0.3 is 10.5 Å². The maximum absolute atomic E-state index is 11.8. The van der Waals surface area contributed by atoms with Crippen LogP contribution in [0, 0.1) is 13.8 Å². The fourth-order valence-electron chi connectivity index (χ4n) is 1.23. The van der Waals surface area contributed by atoms with E-state index in [1.54, 1.807) is 19.9 Å². The van der Waals surface area contributed by atoms with Gasteiger partial charge in [0.15, 0.2) is 0 Å². The fourth-order valence-corrected chi connectivity index (χ4v) is 1.23. The lowest BCUT2D eigenvalue weighted by molar-refractivity contribution is -0.0906. The normalized spacial score (nSPS) is 10.5. The Balaban J connectivity index is 3.04. The molecule has 5 heteroatoms. The third-order valence-electron chi connectivity index (χ3n) is 2.03. The highest BCUT2D eigenvalue weighted by Crippen LogP contribution is 2.19. The topological polar surface area (TPSA) is 52.3 Å². The Morgan fingerprint density at radius 2 is 1.93 bits per heavy atom. The van der Waals surface area contributed by atoms with Crippen molar-refractivity contribution in [3.8, 4) is 0 Å². The van der Waals surface area contributed by atoms with Crippen LogP contribution in [0.15, 0.2) is 12.1 Å². The van der Waals surface area contributed by atoms with Gasteiger partial charge in [-0.3, -0.25) is 0 Å². The predicted octanol–water partition coefficient (Wildman–Crippen LogP) is 2.27. The van der Waals surface area contributed by atoms with Gasteiger partial charge >= 0.3 is 12.6 Å². The molecule has 0 unspecified atom stereocenters. The molecule has 3 nitrogen and oxygen atoms in total. The zero-order chi connectivity index (χ0) is 11.6. The van der Waals surface area contributed by atoms with Crippen molar-refractivity contribution in [1.82, 2.24) is 0 Å². The van der Waals surface area contributed by atoms with Crippen LogP contribution in [0.1, 0.15) is 21.5 Å². The van der Waals surface area contributed by atoms with Crippen LogP contribution in [-0.4, -0.2) is 12.6 Å². The van der Waals surface area contributed by atoms with E-state index in [0.29, 0.717) is 11.3 Å². The molecule has 0 aliphatic carbocycles. The first kappa shape index (κ1) is 11.4. The van der Waals surface area contributed by atoms with E-state index in [0.717, 1.165) is 5.56 Å². The third kappa shape index (κ3) is 2.65. The van der Waals surface area contributed by atoms with Crippen LogP contribution < -0.4 is 5.73 Å². The van der Waals surface area contributed by atoms with Gasteiger partial charge in [-0.05, 0) is 31.0 Å². The molecule has 2 N–H and O–H groups in total. The van der Waals surface area contributed by atoms with Gasteiger partial charge in [0.1, 0.15) is 0 Å². The van der Waals surface area contributed by atoms with Gasteiger partial charge in [-0.1, -0.05) is 6.07 Å². The summed E-state index contributed by atoms with van der Waals surface area (Å²) in [5.74, 6) is -1.06. The number of esters is 1. The average molecular weight is 215 g/mol. The number of aryl methyl sites for hydroxylation is 2. The minimum absolute atomic E-state index is 0.0680. The quantitative estimate of drug-likeness (QED) is 0.608. The molecule has 0 atom stereocenters. The van der Waals surface area contributed by atoms with Crippen molar-refractivity contribution in [2.24, 2.45) is 0 Å². The van der Waals surface area contributed by atoms with E-state index in [9.17, 15) is 13.6 Å². The summed E-state index contributed by atoms with van der Waals surface area (Å²) in [6, 6.07) is 2.99. The molecular formula is C10H11F2NO2. The average Bonchev–Trinajstić information content (AvgIpc) is 2.09. The van der Waals surface area contributed by atoms with Crippen LogP contribution in [0.2, 0.25) is 0 Å². The van der Waals surface area contributed by atoms with E-state index < -0.39 is 12.6 Å². The Morgan fingerprint density at radius 1 is 1.33 bits per heavy atom. The van der Waals surface area contributed by atoms with E-state index in [-0.39, 0.29) is 5.56 Å². The number of halogens is 2. The number of carbonyl (C=O) groups is 1. The lowest BCUT2D eigenvalue weighted by Crippen LogP contribution is -2.11. The summed E-state index contributed by atoms with van der Waals surface area (Å²) in [6.07, 6.45) is 0. The van der Waals surface area contributed by atoms with Gasteiger partial charge in [0.25, 0.3) is 0 Å². The second-order valence-electron chi connectivity index (χ2n) is 3.19. The van der Waals surface area contributed by atoms with Crippen LogP contribution in [0.3, 0.4) is 0 Å². The molecule has 1 rings (SSSR count). The summed E-state index contributed by atoms with van der Waals surface area (Å²) in [4.78, 5) is 11.2. The van der Waals surface area contributed by atoms with E-state index in [1.807, 2.05) is 0 Å². The maximum atomic E-state index is 11.8. The highest BCUT2D eigenvalue weighted by molar-refractivity contribution is 5.92. The van der Waals surface area contributed by atoms with Crippen LogP contribution in [-0.2, 0) is 4.74 Å². The Bertz CT molecular complexity index is 391. The molecule has 0 aromatic heterocycles. The predicted molar refractivity (Wildman–Crippen MR) is 51.7 cm³/mol. The van der Waals surface area contributed by atoms with Gasteiger partial charge in [-0.2, -0.15) is 8.78 Å². The zero-order valence-corrected chi connectivity index (χ0v) is 8.38. The fraction of sp³-hybridized carbons (Fsp3) is 0.300. The molecule has 1 aromatic carbocycles.